The van der Waals surface area contributed by atoms with Crippen LogP contribution in [0.5, 0.6) is 0 Å². The molecule has 0 aliphatic carbocycles. The third-order valence-electron chi connectivity index (χ3n) is 4.42. The monoisotopic (exact) mass is 399 g/mol. The number of carbonyl (C=O) groups excluding carboxylic acids is 1. The van der Waals surface area contributed by atoms with E-state index in [2.05, 4.69) is 14.7 Å². The van der Waals surface area contributed by atoms with Gasteiger partial charge in [-0.3, -0.25) is 4.79 Å². The van der Waals surface area contributed by atoms with Crippen molar-refractivity contribution in [2.75, 3.05) is 13.7 Å². The Morgan fingerprint density at radius 2 is 1.96 bits per heavy atom. The summed E-state index contributed by atoms with van der Waals surface area (Å²) in [6.07, 6.45) is -2.80. The summed E-state index contributed by atoms with van der Waals surface area (Å²) in [7, 11) is 1.60. The van der Waals surface area contributed by atoms with E-state index < -0.39 is 12.1 Å². The molecule has 28 heavy (non-hydrogen) atoms. The average molecular weight is 399 g/mol. The van der Waals surface area contributed by atoms with Crippen LogP contribution in [0.4, 0.5) is 13.2 Å². The summed E-state index contributed by atoms with van der Waals surface area (Å²) < 4.78 is 47.0. The maximum atomic E-state index is 12.6. The molecule has 154 valence electrons. The lowest BCUT2D eigenvalue weighted by Gasteiger charge is -2.29. The molecule has 1 atom stereocenters. The third kappa shape index (κ3) is 5.79. The third-order valence-corrected chi connectivity index (χ3v) is 4.42. The maximum Gasteiger partial charge on any atom is 0.471 e. The van der Waals surface area contributed by atoms with Crippen molar-refractivity contribution in [3.63, 3.8) is 0 Å². The van der Waals surface area contributed by atoms with Gasteiger partial charge in [-0.2, -0.15) is 18.2 Å². The molecule has 2 rings (SSSR count). The SMILES string of the molecule is CCC(C)N(Cc1ccc(-c2noc(C(F)(F)F)n2)cc1)C(=O)CCCOC. The molecule has 6 nitrogen and oxygen atoms in total. The van der Waals surface area contributed by atoms with Gasteiger partial charge in [0.25, 0.3) is 0 Å². The van der Waals surface area contributed by atoms with Gasteiger partial charge in [0.15, 0.2) is 0 Å². The molecule has 0 aliphatic heterocycles. The van der Waals surface area contributed by atoms with E-state index in [-0.39, 0.29) is 17.8 Å². The molecule has 9 heteroatoms. The van der Waals surface area contributed by atoms with Crippen molar-refractivity contribution in [3.05, 3.63) is 35.7 Å². The summed E-state index contributed by atoms with van der Waals surface area (Å²) in [5, 5.41) is 3.37. The van der Waals surface area contributed by atoms with E-state index in [1.165, 1.54) is 0 Å². The van der Waals surface area contributed by atoms with Crippen LogP contribution in [-0.4, -0.2) is 40.7 Å². The summed E-state index contributed by atoms with van der Waals surface area (Å²) in [5.41, 5.74) is 1.27. The van der Waals surface area contributed by atoms with Crippen molar-refractivity contribution in [1.82, 2.24) is 15.0 Å². The molecule has 0 bridgehead atoms. The highest BCUT2D eigenvalue weighted by Crippen LogP contribution is 2.29. The predicted octanol–water partition coefficient (Wildman–Crippen LogP) is 4.31. The number of hydrogen-bond acceptors (Lipinski definition) is 5. The zero-order valence-electron chi connectivity index (χ0n) is 16.1. The minimum Gasteiger partial charge on any atom is -0.385 e. The van der Waals surface area contributed by atoms with E-state index in [9.17, 15) is 18.0 Å². The number of carbonyl (C=O) groups is 1. The summed E-state index contributed by atoms with van der Waals surface area (Å²) in [5.74, 6) is -1.46. The first-order valence-electron chi connectivity index (χ1n) is 9.04. The van der Waals surface area contributed by atoms with Crippen molar-refractivity contribution < 1.29 is 27.2 Å². The van der Waals surface area contributed by atoms with Gasteiger partial charge in [-0.25, -0.2) is 0 Å². The molecule has 0 radical (unpaired) electrons. The zero-order chi connectivity index (χ0) is 20.7. The second-order valence-corrected chi connectivity index (χ2v) is 6.49. The fourth-order valence-corrected chi connectivity index (χ4v) is 2.63. The van der Waals surface area contributed by atoms with Gasteiger partial charge in [-0.15, -0.1) is 0 Å². The number of rotatable bonds is 9. The van der Waals surface area contributed by atoms with Crippen LogP contribution in [0.3, 0.4) is 0 Å². The summed E-state index contributed by atoms with van der Waals surface area (Å²) in [6.45, 7) is 4.94. The highest BCUT2D eigenvalue weighted by atomic mass is 19.4. The smallest absolute Gasteiger partial charge is 0.385 e. The highest BCUT2D eigenvalue weighted by Gasteiger charge is 2.38. The van der Waals surface area contributed by atoms with Crippen LogP contribution in [0.15, 0.2) is 28.8 Å². The second-order valence-electron chi connectivity index (χ2n) is 6.49. The van der Waals surface area contributed by atoms with Gasteiger partial charge < -0.3 is 14.2 Å². The molecule has 0 fully saturated rings. The van der Waals surface area contributed by atoms with Gasteiger partial charge >= 0.3 is 12.1 Å². The van der Waals surface area contributed by atoms with E-state index >= 15 is 0 Å². The molecule has 1 amide bonds. The van der Waals surface area contributed by atoms with Crippen LogP contribution in [0.25, 0.3) is 11.4 Å². The minimum atomic E-state index is -4.68. The molecule has 1 aromatic carbocycles. The number of benzene rings is 1. The number of ether oxygens (including phenoxy) is 1. The molecule has 1 aromatic heterocycles. The van der Waals surface area contributed by atoms with Crippen LogP contribution in [0, 0.1) is 0 Å². The van der Waals surface area contributed by atoms with Crippen molar-refractivity contribution in [3.8, 4) is 11.4 Å². The van der Waals surface area contributed by atoms with Crippen LogP contribution in [0.1, 0.15) is 44.6 Å². The minimum absolute atomic E-state index is 0.0449. The highest BCUT2D eigenvalue weighted by molar-refractivity contribution is 5.76. The Morgan fingerprint density at radius 3 is 2.50 bits per heavy atom. The van der Waals surface area contributed by atoms with E-state index in [0.29, 0.717) is 31.6 Å². The van der Waals surface area contributed by atoms with Crippen molar-refractivity contribution in [2.24, 2.45) is 0 Å². The van der Waals surface area contributed by atoms with Gasteiger partial charge in [0.05, 0.1) is 0 Å². The number of aromatic nitrogens is 2. The standard InChI is InChI=1S/C19H24F3N3O3/c1-4-13(2)25(16(26)6-5-11-27-3)12-14-7-9-15(10-8-14)17-23-18(28-24-17)19(20,21)22/h7-10,13H,4-6,11-12H2,1-3H3. The fourth-order valence-electron chi connectivity index (χ4n) is 2.63. The molecular formula is C19H24F3N3O3. The number of hydrogen-bond donors (Lipinski definition) is 0. The molecule has 1 unspecified atom stereocenters. The molecular weight excluding hydrogens is 375 g/mol. The number of methoxy groups -OCH3 is 1. The Kier molecular flexibility index (Phi) is 7.56. The van der Waals surface area contributed by atoms with E-state index in [1.54, 1.807) is 36.3 Å². The van der Waals surface area contributed by atoms with Crippen LogP contribution in [0.2, 0.25) is 0 Å². The van der Waals surface area contributed by atoms with Crippen LogP contribution >= 0.6 is 0 Å². The number of halogens is 3. The van der Waals surface area contributed by atoms with Crippen molar-refractivity contribution >= 4 is 5.91 Å². The molecule has 0 spiro atoms. The Bertz CT molecular complexity index is 760. The Balaban J connectivity index is 2.09. The van der Waals surface area contributed by atoms with E-state index in [4.69, 9.17) is 4.74 Å². The number of alkyl halides is 3. The van der Waals surface area contributed by atoms with Crippen LogP contribution < -0.4 is 0 Å². The Labute approximate surface area is 161 Å². The van der Waals surface area contributed by atoms with Crippen LogP contribution in [-0.2, 0) is 22.3 Å². The first-order chi connectivity index (χ1) is 13.3. The molecule has 1 heterocycles. The van der Waals surface area contributed by atoms with Gasteiger partial charge in [0.1, 0.15) is 0 Å². The normalized spacial score (nSPS) is 12.8. The lowest BCUT2D eigenvalue weighted by atomic mass is 10.1. The van der Waals surface area contributed by atoms with Crippen molar-refractivity contribution in [1.29, 1.82) is 0 Å². The largest absolute Gasteiger partial charge is 0.471 e. The molecule has 0 N–H and O–H groups in total. The topological polar surface area (TPSA) is 68.5 Å². The number of amides is 1. The fraction of sp³-hybridized carbons (Fsp3) is 0.526. The predicted molar refractivity (Wildman–Crippen MR) is 96.1 cm³/mol. The molecule has 0 saturated carbocycles. The maximum absolute atomic E-state index is 12.6. The van der Waals surface area contributed by atoms with E-state index in [0.717, 1.165) is 12.0 Å². The Hall–Kier alpha value is -2.42. The van der Waals surface area contributed by atoms with E-state index in [1.807, 2.05) is 13.8 Å². The van der Waals surface area contributed by atoms with Gasteiger partial charge in [0.2, 0.25) is 11.7 Å². The first-order valence-corrected chi connectivity index (χ1v) is 9.04. The summed E-state index contributed by atoms with van der Waals surface area (Å²) in [6, 6.07) is 6.80. The first kappa shape index (κ1) is 21.9. The average Bonchev–Trinajstić information content (AvgIpc) is 3.17. The molecule has 0 aliphatic rings. The van der Waals surface area contributed by atoms with Gasteiger partial charge in [-0.05, 0) is 25.3 Å². The Morgan fingerprint density at radius 1 is 1.29 bits per heavy atom. The molecule has 2 aromatic rings. The number of nitrogens with zero attached hydrogens (tertiary/aromatic N) is 3. The zero-order valence-corrected chi connectivity index (χ0v) is 16.1. The van der Waals surface area contributed by atoms with Crippen molar-refractivity contribution in [2.45, 2.75) is 51.9 Å². The quantitative estimate of drug-likeness (QED) is 0.588. The summed E-state index contributed by atoms with van der Waals surface area (Å²) >= 11 is 0. The second kappa shape index (κ2) is 9.68. The molecule has 0 saturated heterocycles. The van der Waals surface area contributed by atoms with Gasteiger partial charge in [-0.1, -0.05) is 36.3 Å². The lowest BCUT2D eigenvalue weighted by molar-refractivity contribution is -0.159. The summed E-state index contributed by atoms with van der Waals surface area (Å²) in [4.78, 5) is 17.7. The lowest BCUT2D eigenvalue weighted by Crippen LogP contribution is -2.37. The van der Waals surface area contributed by atoms with Gasteiger partial charge in [0, 0.05) is 38.3 Å².